The molecule has 0 rings (SSSR count). The van der Waals surface area contributed by atoms with Crippen LogP contribution in [0.25, 0.3) is 0 Å². The van der Waals surface area contributed by atoms with Crippen molar-refractivity contribution < 1.29 is 28.6 Å². The van der Waals surface area contributed by atoms with Crippen molar-refractivity contribution in [3.8, 4) is 0 Å². The number of allylic oxidation sites excluding steroid dienone is 20. The smallest absolute Gasteiger partial charge is 0.306 e. The lowest BCUT2D eigenvalue weighted by molar-refractivity contribution is -0.166. The number of carbonyl (C=O) groups excluding carboxylic acids is 3. The maximum absolute atomic E-state index is 12.8. The van der Waals surface area contributed by atoms with Gasteiger partial charge in [-0.2, -0.15) is 0 Å². The highest BCUT2D eigenvalue weighted by molar-refractivity contribution is 5.71. The summed E-state index contributed by atoms with van der Waals surface area (Å²) in [6, 6.07) is 0. The Labute approximate surface area is 437 Å². The van der Waals surface area contributed by atoms with Crippen LogP contribution in [-0.2, 0) is 28.6 Å². The molecule has 6 heteroatoms. The first-order valence-electron chi connectivity index (χ1n) is 29.0. The van der Waals surface area contributed by atoms with Gasteiger partial charge in [0.1, 0.15) is 13.2 Å². The molecule has 71 heavy (non-hydrogen) atoms. The van der Waals surface area contributed by atoms with Gasteiger partial charge >= 0.3 is 17.9 Å². The van der Waals surface area contributed by atoms with Crippen LogP contribution < -0.4 is 0 Å². The fraction of sp³-hybridized carbons (Fsp3) is 0.646. The second kappa shape index (κ2) is 58.4. The lowest BCUT2D eigenvalue weighted by atomic mass is 10.0. The van der Waals surface area contributed by atoms with Crippen LogP contribution in [0, 0.1) is 0 Å². The van der Waals surface area contributed by atoms with Crippen molar-refractivity contribution in [1.29, 1.82) is 0 Å². The average Bonchev–Trinajstić information content (AvgIpc) is 3.37. The van der Waals surface area contributed by atoms with E-state index in [2.05, 4.69) is 130 Å². The first kappa shape index (κ1) is 66.8. The Morgan fingerprint density at radius 2 is 0.592 bits per heavy atom. The predicted octanol–water partition coefficient (Wildman–Crippen LogP) is 19.6. The first-order chi connectivity index (χ1) is 35.0. The molecule has 402 valence electrons. The van der Waals surface area contributed by atoms with Crippen LogP contribution in [-0.4, -0.2) is 37.2 Å². The third kappa shape index (κ3) is 56.6. The Morgan fingerprint density at radius 3 is 0.972 bits per heavy atom. The van der Waals surface area contributed by atoms with E-state index in [1.165, 1.54) is 116 Å². The van der Waals surface area contributed by atoms with Crippen molar-refractivity contribution >= 4 is 17.9 Å². The Balaban J connectivity index is 4.59. The van der Waals surface area contributed by atoms with Crippen molar-refractivity contribution in [2.24, 2.45) is 0 Å². The molecule has 1 atom stereocenters. The molecular formula is C65H106O6. The Bertz CT molecular complexity index is 1500. The topological polar surface area (TPSA) is 78.9 Å². The van der Waals surface area contributed by atoms with Crippen molar-refractivity contribution in [3.05, 3.63) is 122 Å². The third-order valence-corrected chi connectivity index (χ3v) is 12.0. The largest absolute Gasteiger partial charge is 0.462 e. The number of rotatable bonds is 51. The number of esters is 3. The van der Waals surface area contributed by atoms with Crippen molar-refractivity contribution in [3.63, 3.8) is 0 Å². The molecular weight excluding hydrogens is 877 g/mol. The number of hydrogen-bond donors (Lipinski definition) is 0. The minimum Gasteiger partial charge on any atom is -0.462 e. The van der Waals surface area contributed by atoms with Crippen LogP contribution in [0.2, 0.25) is 0 Å². The van der Waals surface area contributed by atoms with Gasteiger partial charge in [-0.25, -0.2) is 0 Å². The molecule has 0 N–H and O–H groups in total. The van der Waals surface area contributed by atoms with E-state index in [-0.39, 0.29) is 38.0 Å². The minimum atomic E-state index is -0.843. The molecule has 0 bridgehead atoms. The fourth-order valence-electron chi connectivity index (χ4n) is 7.64. The minimum absolute atomic E-state index is 0.126. The Hall–Kier alpha value is -4.19. The van der Waals surface area contributed by atoms with Gasteiger partial charge in [0, 0.05) is 19.3 Å². The molecule has 0 fully saturated rings. The van der Waals surface area contributed by atoms with Crippen LogP contribution in [0.15, 0.2) is 122 Å². The van der Waals surface area contributed by atoms with Crippen molar-refractivity contribution in [2.75, 3.05) is 13.2 Å². The highest BCUT2D eigenvalue weighted by Crippen LogP contribution is 2.15. The summed E-state index contributed by atoms with van der Waals surface area (Å²) in [5, 5.41) is 0. The SMILES string of the molecule is CC/C=C\C/C=C\C/C=C\C/C=C\C/C=C\CCCC(=O)OC[C@H](COC(=O)CCCCCCCCCCCCCCCCCCC)OC(=O)CC/C=C\C/C=C\C/C=C\C/C=C\C/C=C\CCCCC. The summed E-state index contributed by atoms with van der Waals surface area (Å²) < 4.78 is 16.7. The molecule has 0 aliphatic heterocycles. The quantitative estimate of drug-likeness (QED) is 0.0261. The number of carbonyl (C=O) groups is 3. The van der Waals surface area contributed by atoms with Gasteiger partial charge in [0.25, 0.3) is 0 Å². The molecule has 0 aromatic heterocycles. The first-order valence-corrected chi connectivity index (χ1v) is 29.0. The number of unbranched alkanes of at least 4 members (excludes halogenated alkanes) is 20. The summed E-state index contributed by atoms with van der Waals surface area (Å²) in [6.07, 6.45) is 80.6. The molecule has 0 radical (unpaired) electrons. The van der Waals surface area contributed by atoms with Gasteiger partial charge in [-0.1, -0.05) is 258 Å². The van der Waals surface area contributed by atoms with Gasteiger partial charge < -0.3 is 14.2 Å². The van der Waals surface area contributed by atoms with Crippen LogP contribution in [0.4, 0.5) is 0 Å². The molecule has 6 nitrogen and oxygen atoms in total. The third-order valence-electron chi connectivity index (χ3n) is 12.0. The molecule has 0 aliphatic rings. The van der Waals surface area contributed by atoms with E-state index >= 15 is 0 Å². The van der Waals surface area contributed by atoms with Gasteiger partial charge in [-0.15, -0.1) is 0 Å². The molecule has 0 saturated carbocycles. The molecule has 0 aromatic carbocycles. The molecule has 0 heterocycles. The van der Waals surface area contributed by atoms with Gasteiger partial charge in [-0.3, -0.25) is 14.4 Å². The van der Waals surface area contributed by atoms with Gasteiger partial charge in [-0.05, 0) is 96.3 Å². The molecule has 0 aromatic rings. The van der Waals surface area contributed by atoms with Crippen LogP contribution >= 0.6 is 0 Å². The summed E-state index contributed by atoms with van der Waals surface area (Å²) in [4.78, 5) is 38.1. The number of hydrogen-bond acceptors (Lipinski definition) is 6. The zero-order valence-electron chi connectivity index (χ0n) is 45.9. The lowest BCUT2D eigenvalue weighted by Gasteiger charge is -2.18. The zero-order chi connectivity index (χ0) is 51.4. The van der Waals surface area contributed by atoms with Gasteiger partial charge in [0.15, 0.2) is 6.10 Å². The van der Waals surface area contributed by atoms with Crippen LogP contribution in [0.5, 0.6) is 0 Å². The maximum Gasteiger partial charge on any atom is 0.306 e. The lowest BCUT2D eigenvalue weighted by Crippen LogP contribution is -2.30. The summed E-state index contributed by atoms with van der Waals surface area (Å²) in [5.74, 6) is -1.07. The predicted molar refractivity (Wildman–Crippen MR) is 306 cm³/mol. The van der Waals surface area contributed by atoms with E-state index in [9.17, 15) is 14.4 Å². The summed E-state index contributed by atoms with van der Waals surface area (Å²) >= 11 is 0. The van der Waals surface area contributed by atoms with Gasteiger partial charge in [0.05, 0.1) is 0 Å². The summed E-state index contributed by atoms with van der Waals surface area (Å²) in [5.41, 5.74) is 0. The number of ether oxygens (including phenoxy) is 3. The fourth-order valence-corrected chi connectivity index (χ4v) is 7.64. The Morgan fingerprint density at radius 1 is 0.296 bits per heavy atom. The second-order valence-corrected chi connectivity index (χ2v) is 18.8. The molecule has 0 spiro atoms. The highest BCUT2D eigenvalue weighted by atomic mass is 16.6. The van der Waals surface area contributed by atoms with Crippen LogP contribution in [0.1, 0.15) is 252 Å². The molecule has 0 unspecified atom stereocenters. The van der Waals surface area contributed by atoms with E-state index < -0.39 is 12.1 Å². The van der Waals surface area contributed by atoms with Gasteiger partial charge in [0.2, 0.25) is 0 Å². The van der Waals surface area contributed by atoms with E-state index in [0.717, 1.165) is 83.5 Å². The van der Waals surface area contributed by atoms with Crippen molar-refractivity contribution in [1.82, 2.24) is 0 Å². The van der Waals surface area contributed by atoms with E-state index in [4.69, 9.17) is 14.2 Å². The average molecular weight is 984 g/mol. The monoisotopic (exact) mass is 983 g/mol. The Kier molecular flexibility index (Phi) is 54.9. The second-order valence-electron chi connectivity index (χ2n) is 18.8. The van der Waals surface area contributed by atoms with E-state index in [1.54, 1.807) is 0 Å². The maximum atomic E-state index is 12.8. The van der Waals surface area contributed by atoms with Crippen molar-refractivity contribution in [2.45, 2.75) is 258 Å². The molecule has 0 aliphatic carbocycles. The molecule has 0 amide bonds. The van der Waals surface area contributed by atoms with E-state index in [1.807, 2.05) is 12.2 Å². The summed E-state index contributed by atoms with van der Waals surface area (Å²) in [6.45, 7) is 6.39. The van der Waals surface area contributed by atoms with E-state index in [0.29, 0.717) is 19.3 Å². The molecule has 0 saturated heterocycles. The highest BCUT2D eigenvalue weighted by Gasteiger charge is 2.19. The van der Waals surface area contributed by atoms with Crippen LogP contribution in [0.3, 0.4) is 0 Å². The zero-order valence-corrected chi connectivity index (χ0v) is 45.9. The standard InChI is InChI=1S/C65H106O6/c1-4-7-10-13-16-19-22-25-28-31-32-35-38-41-44-47-50-53-56-59-65(68)71-62(60-69-63(66)57-54-51-48-45-42-39-36-33-29-26-23-20-17-14-11-8-5-2)61-70-64(67)58-55-52-49-46-43-40-37-34-30-27-24-21-18-15-12-9-6-3/h8,11,16-17,19-20,25-26,28-29,32,35-36,39,41,44-45,48,50,53,62H,4-7,9-10,12-15,18,21-24,27,30-31,33-34,37-38,40,42-43,46-47,49,51-52,54-61H2,1-3H3/b11-8-,19-16-,20-17-,28-25-,29-26-,35-32-,39-36-,44-41-,48-45-,53-50-/t62-/m1/s1. The normalized spacial score (nSPS) is 13.0. The summed E-state index contributed by atoms with van der Waals surface area (Å²) in [7, 11) is 0.